The SMILES string of the molecule is Cc1cc2ncc(C(=O)N3CCC[C@@H](C)C3)c(C)n2n1. The van der Waals surface area contributed by atoms with E-state index >= 15 is 0 Å². The topological polar surface area (TPSA) is 50.5 Å². The maximum atomic E-state index is 12.7. The third-order valence-corrected chi connectivity index (χ3v) is 4.02. The number of piperidine rings is 1. The van der Waals surface area contributed by atoms with Crippen LogP contribution < -0.4 is 0 Å². The first-order chi connectivity index (χ1) is 9.56. The highest BCUT2D eigenvalue weighted by Gasteiger charge is 2.24. The van der Waals surface area contributed by atoms with Gasteiger partial charge in [0.05, 0.1) is 17.0 Å². The average molecular weight is 272 g/mol. The Morgan fingerprint density at radius 2 is 2.20 bits per heavy atom. The molecular weight excluding hydrogens is 252 g/mol. The largest absolute Gasteiger partial charge is 0.338 e. The number of likely N-dealkylation sites (tertiary alicyclic amines) is 1. The van der Waals surface area contributed by atoms with Gasteiger partial charge in [-0.05, 0) is 32.6 Å². The van der Waals surface area contributed by atoms with Crippen molar-refractivity contribution in [2.75, 3.05) is 13.1 Å². The third-order valence-electron chi connectivity index (χ3n) is 4.02. The highest BCUT2D eigenvalue weighted by molar-refractivity contribution is 5.95. The fourth-order valence-electron chi connectivity index (χ4n) is 2.92. The highest BCUT2D eigenvalue weighted by atomic mass is 16.2. The monoisotopic (exact) mass is 272 g/mol. The zero-order valence-corrected chi connectivity index (χ0v) is 12.3. The predicted molar refractivity (Wildman–Crippen MR) is 76.8 cm³/mol. The van der Waals surface area contributed by atoms with E-state index in [1.165, 1.54) is 6.42 Å². The number of hydrogen-bond donors (Lipinski definition) is 0. The summed E-state index contributed by atoms with van der Waals surface area (Å²) in [5, 5.41) is 4.40. The van der Waals surface area contributed by atoms with Crippen LogP contribution in [0.2, 0.25) is 0 Å². The molecule has 0 N–H and O–H groups in total. The number of rotatable bonds is 1. The van der Waals surface area contributed by atoms with E-state index in [9.17, 15) is 4.79 Å². The molecule has 0 radical (unpaired) electrons. The molecule has 3 rings (SSSR count). The molecule has 5 nitrogen and oxygen atoms in total. The third kappa shape index (κ3) is 2.17. The van der Waals surface area contributed by atoms with Crippen molar-refractivity contribution in [1.29, 1.82) is 0 Å². The number of fused-ring (bicyclic) bond motifs is 1. The van der Waals surface area contributed by atoms with Crippen LogP contribution in [0.4, 0.5) is 0 Å². The number of hydrogen-bond acceptors (Lipinski definition) is 3. The van der Waals surface area contributed by atoms with E-state index in [-0.39, 0.29) is 5.91 Å². The lowest BCUT2D eigenvalue weighted by atomic mass is 9.99. The Balaban J connectivity index is 1.96. The lowest BCUT2D eigenvalue weighted by molar-refractivity contribution is 0.0681. The van der Waals surface area contributed by atoms with Crippen molar-refractivity contribution in [1.82, 2.24) is 19.5 Å². The Hall–Kier alpha value is -1.91. The van der Waals surface area contributed by atoms with Gasteiger partial charge in [-0.15, -0.1) is 0 Å². The molecule has 0 bridgehead atoms. The Labute approximate surface area is 118 Å². The number of carbonyl (C=O) groups is 1. The molecule has 2 aromatic rings. The van der Waals surface area contributed by atoms with Crippen LogP contribution in [0.15, 0.2) is 12.3 Å². The molecule has 1 atom stereocenters. The van der Waals surface area contributed by atoms with Crippen LogP contribution >= 0.6 is 0 Å². The maximum absolute atomic E-state index is 12.7. The molecule has 1 aliphatic heterocycles. The van der Waals surface area contributed by atoms with Crippen LogP contribution in [0, 0.1) is 19.8 Å². The second kappa shape index (κ2) is 4.89. The molecule has 1 aliphatic rings. The van der Waals surface area contributed by atoms with E-state index in [2.05, 4.69) is 17.0 Å². The van der Waals surface area contributed by atoms with Crippen molar-refractivity contribution in [3.8, 4) is 0 Å². The molecule has 0 aromatic carbocycles. The number of nitrogens with zero attached hydrogens (tertiary/aromatic N) is 4. The minimum Gasteiger partial charge on any atom is -0.338 e. The van der Waals surface area contributed by atoms with Crippen LogP contribution in [0.25, 0.3) is 5.65 Å². The Kier molecular flexibility index (Phi) is 3.20. The number of aromatic nitrogens is 3. The molecule has 1 amide bonds. The van der Waals surface area contributed by atoms with Crippen molar-refractivity contribution in [2.45, 2.75) is 33.6 Å². The van der Waals surface area contributed by atoms with Crippen LogP contribution in [-0.4, -0.2) is 38.5 Å². The van der Waals surface area contributed by atoms with Crippen LogP contribution in [0.5, 0.6) is 0 Å². The first-order valence-electron chi connectivity index (χ1n) is 7.17. The molecule has 0 unspecified atom stereocenters. The van der Waals surface area contributed by atoms with Gasteiger partial charge in [-0.1, -0.05) is 6.92 Å². The summed E-state index contributed by atoms with van der Waals surface area (Å²) in [6.45, 7) is 7.75. The van der Waals surface area contributed by atoms with Crippen molar-refractivity contribution < 1.29 is 4.79 Å². The van der Waals surface area contributed by atoms with E-state index < -0.39 is 0 Å². The van der Waals surface area contributed by atoms with Crippen LogP contribution in [0.1, 0.15) is 41.5 Å². The zero-order valence-electron chi connectivity index (χ0n) is 12.3. The van der Waals surface area contributed by atoms with Gasteiger partial charge in [0.2, 0.25) is 0 Å². The summed E-state index contributed by atoms with van der Waals surface area (Å²) in [5.41, 5.74) is 3.24. The summed E-state index contributed by atoms with van der Waals surface area (Å²) >= 11 is 0. The first-order valence-corrected chi connectivity index (χ1v) is 7.17. The summed E-state index contributed by atoms with van der Waals surface area (Å²) < 4.78 is 1.76. The van der Waals surface area contributed by atoms with Crippen LogP contribution in [0.3, 0.4) is 0 Å². The number of amides is 1. The molecular formula is C15H20N4O. The summed E-state index contributed by atoms with van der Waals surface area (Å²) in [6, 6.07) is 1.92. The lowest BCUT2D eigenvalue weighted by Crippen LogP contribution is -2.39. The molecule has 0 saturated carbocycles. The molecule has 1 fully saturated rings. The molecule has 2 aromatic heterocycles. The van der Waals surface area contributed by atoms with E-state index in [0.717, 1.165) is 36.5 Å². The molecule has 5 heteroatoms. The molecule has 0 aliphatic carbocycles. The lowest BCUT2D eigenvalue weighted by Gasteiger charge is -2.31. The second-order valence-electron chi connectivity index (χ2n) is 5.81. The van der Waals surface area contributed by atoms with E-state index in [4.69, 9.17) is 0 Å². The first kappa shape index (κ1) is 13.1. The molecule has 3 heterocycles. The summed E-state index contributed by atoms with van der Waals surface area (Å²) in [5.74, 6) is 0.660. The van der Waals surface area contributed by atoms with E-state index in [1.54, 1.807) is 10.7 Å². The quantitative estimate of drug-likeness (QED) is 0.800. The van der Waals surface area contributed by atoms with Gasteiger partial charge >= 0.3 is 0 Å². The highest BCUT2D eigenvalue weighted by Crippen LogP contribution is 2.19. The standard InChI is InChI=1S/C15H20N4O/c1-10-5-4-6-18(9-10)15(20)13-8-16-14-7-11(2)17-19(14)12(13)3/h7-8,10H,4-6,9H2,1-3H3/t10-/m1/s1. The smallest absolute Gasteiger partial charge is 0.257 e. The summed E-state index contributed by atoms with van der Waals surface area (Å²) in [7, 11) is 0. The maximum Gasteiger partial charge on any atom is 0.257 e. The second-order valence-corrected chi connectivity index (χ2v) is 5.81. The summed E-state index contributed by atoms with van der Waals surface area (Å²) in [4.78, 5) is 19.0. The fourth-order valence-corrected chi connectivity index (χ4v) is 2.92. The van der Waals surface area contributed by atoms with Gasteiger partial charge in [0, 0.05) is 25.4 Å². The normalized spacial score (nSPS) is 19.6. The zero-order chi connectivity index (χ0) is 14.3. The van der Waals surface area contributed by atoms with Gasteiger partial charge in [-0.2, -0.15) is 5.10 Å². The Morgan fingerprint density at radius 1 is 1.40 bits per heavy atom. The number of carbonyl (C=O) groups excluding carboxylic acids is 1. The number of aryl methyl sites for hydroxylation is 2. The summed E-state index contributed by atoms with van der Waals surface area (Å²) in [6.07, 6.45) is 3.98. The predicted octanol–water partition coefficient (Wildman–Crippen LogP) is 2.22. The van der Waals surface area contributed by atoms with Crippen LogP contribution in [-0.2, 0) is 0 Å². The van der Waals surface area contributed by atoms with Gasteiger partial charge in [-0.25, -0.2) is 9.50 Å². The minimum absolute atomic E-state index is 0.0802. The Morgan fingerprint density at radius 3 is 2.95 bits per heavy atom. The van der Waals surface area contributed by atoms with Crippen molar-refractivity contribution in [2.24, 2.45) is 5.92 Å². The average Bonchev–Trinajstić information content (AvgIpc) is 2.80. The van der Waals surface area contributed by atoms with Gasteiger partial charge in [-0.3, -0.25) is 4.79 Å². The van der Waals surface area contributed by atoms with Gasteiger partial charge in [0.1, 0.15) is 0 Å². The fraction of sp³-hybridized carbons (Fsp3) is 0.533. The molecule has 0 spiro atoms. The van der Waals surface area contributed by atoms with E-state index in [1.807, 2.05) is 24.8 Å². The molecule has 1 saturated heterocycles. The van der Waals surface area contributed by atoms with Gasteiger partial charge in [0.15, 0.2) is 5.65 Å². The molecule has 106 valence electrons. The van der Waals surface area contributed by atoms with E-state index in [0.29, 0.717) is 11.5 Å². The van der Waals surface area contributed by atoms with Crippen molar-refractivity contribution in [3.05, 3.63) is 29.2 Å². The van der Waals surface area contributed by atoms with Gasteiger partial charge < -0.3 is 4.90 Å². The molecule has 20 heavy (non-hydrogen) atoms. The van der Waals surface area contributed by atoms with Crippen molar-refractivity contribution in [3.63, 3.8) is 0 Å². The Bertz CT molecular complexity index is 661. The van der Waals surface area contributed by atoms with Gasteiger partial charge in [0.25, 0.3) is 5.91 Å². The van der Waals surface area contributed by atoms with Crippen molar-refractivity contribution >= 4 is 11.6 Å². The minimum atomic E-state index is 0.0802.